The lowest BCUT2D eigenvalue weighted by molar-refractivity contribution is 0.406. The molecule has 0 heterocycles. The van der Waals surface area contributed by atoms with Crippen molar-refractivity contribution in [3.05, 3.63) is 35.4 Å². The molecule has 1 aromatic rings. The van der Waals surface area contributed by atoms with Gasteiger partial charge in [0.2, 0.25) is 5.90 Å². The molecule has 0 aromatic heterocycles. The van der Waals surface area contributed by atoms with E-state index in [2.05, 4.69) is 48.2 Å². The minimum atomic E-state index is 0.236. The van der Waals surface area contributed by atoms with Gasteiger partial charge in [-0.1, -0.05) is 65.0 Å². The molecule has 0 atom stereocenters. The first-order valence-corrected chi connectivity index (χ1v) is 8.85. The predicted molar refractivity (Wildman–Crippen MR) is 100 cm³/mol. The third-order valence-electron chi connectivity index (χ3n) is 4.09. The van der Waals surface area contributed by atoms with E-state index in [1.54, 1.807) is 7.11 Å². The molecule has 0 bridgehead atoms. The molecule has 0 aliphatic carbocycles. The lowest BCUT2D eigenvalue weighted by Crippen LogP contribution is -2.17. The van der Waals surface area contributed by atoms with Crippen LogP contribution in [0.5, 0.6) is 0 Å². The number of nitrogens with zero attached hydrogens (tertiary/aromatic N) is 1. The summed E-state index contributed by atoms with van der Waals surface area (Å²) in [5.74, 6) is 0.680. The summed E-state index contributed by atoms with van der Waals surface area (Å²) in [7, 11) is 1.66. The van der Waals surface area contributed by atoms with Gasteiger partial charge in [0, 0.05) is 5.56 Å². The maximum absolute atomic E-state index is 5.26. The molecule has 0 aliphatic heterocycles. The predicted octanol–water partition coefficient (Wildman–Crippen LogP) is 6.07. The molecule has 2 nitrogen and oxygen atoms in total. The van der Waals surface area contributed by atoms with Gasteiger partial charge in [-0.05, 0) is 29.5 Å². The molecule has 0 radical (unpaired) electrons. The first kappa shape index (κ1) is 18.5. The van der Waals surface area contributed by atoms with E-state index in [-0.39, 0.29) is 5.41 Å². The standard InChI is InChI=1S/C18H28INO/c1-5-6-7-8-9-14-18(2,3)16-12-10-15(11-13-16)17(20-19)21-4/h10-13H,5-9,14H2,1-4H3. The van der Waals surface area contributed by atoms with Gasteiger partial charge >= 0.3 is 0 Å². The molecule has 0 amide bonds. The van der Waals surface area contributed by atoms with Crippen LogP contribution in [0.25, 0.3) is 0 Å². The number of methoxy groups -OCH3 is 1. The first-order valence-electron chi connectivity index (χ1n) is 7.89. The van der Waals surface area contributed by atoms with Crippen LogP contribution < -0.4 is 0 Å². The SMILES string of the molecule is CCCCCCCC(C)(C)c1ccc(C(=NI)OC)cc1. The van der Waals surface area contributed by atoms with Gasteiger partial charge in [-0.15, -0.1) is 0 Å². The average Bonchev–Trinajstić information content (AvgIpc) is 2.49. The minimum absolute atomic E-state index is 0.236. The zero-order valence-electron chi connectivity index (χ0n) is 13.8. The summed E-state index contributed by atoms with van der Waals surface area (Å²) in [4.78, 5) is 0. The minimum Gasteiger partial charge on any atom is -0.480 e. The van der Waals surface area contributed by atoms with Gasteiger partial charge in [0.15, 0.2) is 0 Å². The van der Waals surface area contributed by atoms with Gasteiger partial charge in [0.1, 0.15) is 0 Å². The van der Waals surface area contributed by atoms with E-state index in [0.29, 0.717) is 5.90 Å². The summed E-state index contributed by atoms with van der Waals surface area (Å²) < 4.78 is 9.37. The zero-order chi connectivity index (χ0) is 15.7. The molecule has 1 aromatic carbocycles. The lowest BCUT2D eigenvalue weighted by Gasteiger charge is -2.25. The maximum atomic E-state index is 5.26. The van der Waals surface area contributed by atoms with Crippen LogP contribution in [-0.4, -0.2) is 13.0 Å². The van der Waals surface area contributed by atoms with Gasteiger partial charge < -0.3 is 4.74 Å². The van der Waals surface area contributed by atoms with Crippen molar-refractivity contribution in [2.24, 2.45) is 3.21 Å². The molecule has 0 saturated carbocycles. The number of ether oxygens (including phenoxy) is 1. The number of hydrogen-bond acceptors (Lipinski definition) is 2. The average molecular weight is 401 g/mol. The summed E-state index contributed by atoms with van der Waals surface area (Å²) >= 11 is 1.97. The second kappa shape index (κ2) is 9.44. The second-order valence-corrected chi connectivity index (χ2v) is 6.70. The van der Waals surface area contributed by atoms with Crippen molar-refractivity contribution in [1.29, 1.82) is 0 Å². The van der Waals surface area contributed by atoms with Gasteiger partial charge in [0.25, 0.3) is 0 Å². The van der Waals surface area contributed by atoms with Crippen LogP contribution >= 0.6 is 22.9 Å². The Morgan fingerprint density at radius 3 is 2.24 bits per heavy atom. The van der Waals surface area contributed by atoms with Gasteiger partial charge in [-0.25, -0.2) is 0 Å². The summed E-state index contributed by atoms with van der Waals surface area (Å²) in [5.41, 5.74) is 2.67. The van der Waals surface area contributed by atoms with E-state index in [9.17, 15) is 0 Å². The molecule has 3 heteroatoms. The molecular weight excluding hydrogens is 373 g/mol. The van der Waals surface area contributed by atoms with E-state index in [1.165, 1.54) is 44.1 Å². The fourth-order valence-electron chi connectivity index (χ4n) is 2.58. The molecule has 0 N–H and O–H groups in total. The van der Waals surface area contributed by atoms with Crippen molar-refractivity contribution < 1.29 is 4.74 Å². The third-order valence-corrected chi connectivity index (χ3v) is 4.53. The number of unbranched alkanes of at least 4 members (excludes halogenated alkanes) is 4. The Labute approximate surface area is 143 Å². The molecule has 118 valence electrons. The van der Waals surface area contributed by atoms with Crippen LogP contribution in [0.2, 0.25) is 0 Å². The number of rotatable bonds is 8. The lowest BCUT2D eigenvalue weighted by atomic mass is 9.79. The molecule has 0 saturated heterocycles. The number of benzene rings is 1. The van der Waals surface area contributed by atoms with Crippen molar-refractivity contribution in [2.75, 3.05) is 7.11 Å². The number of hydrogen-bond donors (Lipinski definition) is 0. The van der Waals surface area contributed by atoms with Gasteiger partial charge in [0.05, 0.1) is 30.0 Å². The quantitative estimate of drug-likeness (QED) is 0.224. The Balaban J connectivity index is 2.62. The van der Waals surface area contributed by atoms with Crippen LogP contribution in [0.15, 0.2) is 27.5 Å². The van der Waals surface area contributed by atoms with Crippen LogP contribution in [0.4, 0.5) is 0 Å². The maximum Gasteiger partial charge on any atom is 0.225 e. The zero-order valence-corrected chi connectivity index (χ0v) is 15.9. The van der Waals surface area contributed by atoms with Gasteiger partial charge in [-0.2, -0.15) is 3.21 Å². The number of halogens is 1. The van der Waals surface area contributed by atoms with Crippen molar-refractivity contribution in [3.63, 3.8) is 0 Å². The molecule has 0 spiro atoms. The Morgan fingerprint density at radius 1 is 1.10 bits per heavy atom. The Bertz CT molecular complexity index is 437. The third kappa shape index (κ3) is 5.97. The van der Waals surface area contributed by atoms with Gasteiger partial charge in [-0.3, -0.25) is 0 Å². The van der Waals surface area contributed by atoms with Crippen LogP contribution in [0, 0.1) is 0 Å². The summed E-state index contributed by atoms with van der Waals surface area (Å²) in [6.45, 7) is 6.94. The van der Waals surface area contributed by atoms with Crippen LogP contribution in [0.1, 0.15) is 70.4 Å². The Morgan fingerprint density at radius 2 is 1.71 bits per heavy atom. The highest BCUT2D eigenvalue weighted by atomic mass is 127. The highest BCUT2D eigenvalue weighted by Gasteiger charge is 2.20. The molecule has 0 aliphatic rings. The van der Waals surface area contributed by atoms with E-state index < -0.39 is 0 Å². The smallest absolute Gasteiger partial charge is 0.225 e. The van der Waals surface area contributed by atoms with Crippen LogP contribution in [0.3, 0.4) is 0 Å². The summed E-state index contributed by atoms with van der Waals surface area (Å²) in [6.07, 6.45) is 7.95. The van der Waals surface area contributed by atoms with Crippen molar-refractivity contribution >= 4 is 28.8 Å². The summed E-state index contributed by atoms with van der Waals surface area (Å²) in [6, 6.07) is 8.63. The van der Waals surface area contributed by atoms with Crippen LogP contribution in [-0.2, 0) is 10.2 Å². The van der Waals surface area contributed by atoms with E-state index >= 15 is 0 Å². The highest BCUT2D eigenvalue weighted by Crippen LogP contribution is 2.29. The van der Waals surface area contributed by atoms with Crippen molar-refractivity contribution in [1.82, 2.24) is 0 Å². The van der Waals surface area contributed by atoms with E-state index in [0.717, 1.165) is 5.56 Å². The summed E-state index contributed by atoms with van der Waals surface area (Å²) in [5, 5.41) is 0. The first-order chi connectivity index (χ1) is 10.0. The topological polar surface area (TPSA) is 21.6 Å². The fraction of sp³-hybridized carbons (Fsp3) is 0.611. The highest BCUT2D eigenvalue weighted by molar-refractivity contribution is 14.1. The molecular formula is C18H28INO. The fourth-order valence-corrected chi connectivity index (χ4v) is 3.06. The molecule has 0 unspecified atom stereocenters. The van der Waals surface area contributed by atoms with E-state index in [4.69, 9.17) is 4.74 Å². The Hall–Kier alpha value is -0.580. The van der Waals surface area contributed by atoms with Crippen molar-refractivity contribution in [2.45, 2.75) is 64.7 Å². The second-order valence-electron chi connectivity index (χ2n) is 6.22. The largest absolute Gasteiger partial charge is 0.480 e. The van der Waals surface area contributed by atoms with Crippen molar-refractivity contribution in [3.8, 4) is 0 Å². The normalized spacial score (nSPS) is 12.5. The Kier molecular flexibility index (Phi) is 8.30. The van der Waals surface area contributed by atoms with E-state index in [1.807, 2.05) is 22.9 Å². The molecule has 1 rings (SSSR count). The molecule has 0 fully saturated rings. The monoisotopic (exact) mass is 401 g/mol. The molecule has 21 heavy (non-hydrogen) atoms.